The minimum absolute atomic E-state index is 0.110. The molecule has 0 radical (unpaired) electrons. The van der Waals surface area contributed by atoms with Crippen molar-refractivity contribution in [2.45, 2.75) is 33.4 Å². The van der Waals surface area contributed by atoms with Gasteiger partial charge < -0.3 is 9.47 Å². The number of hydrazone groups is 1. The topological polar surface area (TPSA) is 121 Å². The molecular weight excluding hydrogens is 497 g/mol. The van der Waals surface area contributed by atoms with Crippen LogP contribution in [0.3, 0.4) is 0 Å². The number of carbonyl (C=O) groups excluding carboxylic acids is 1. The number of aromatic nitrogens is 2. The van der Waals surface area contributed by atoms with Gasteiger partial charge in [-0.2, -0.15) is 10.2 Å². The summed E-state index contributed by atoms with van der Waals surface area (Å²) in [5, 5.41) is 20.2. The molecule has 0 bridgehead atoms. The highest BCUT2D eigenvalue weighted by Gasteiger charge is 2.26. The van der Waals surface area contributed by atoms with Crippen molar-refractivity contribution in [2.24, 2.45) is 5.10 Å². The van der Waals surface area contributed by atoms with Crippen LogP contribution in [0.2, 0.25) is 10.0 Å². The van der Waals surface area contributed by atoms with E-state index in [0.29, 0.717) is 32.8 Å². The lowest BCUT2D eigenvalue weighted by Gasteiger charge is -2.13. The lowest BCUT2D eigenvalue weighted by atomic mass is 10.1. The predicted octanol–water partition coefficient (Wildman–Crippen LogP) is 5.01. The number of amides is 1. The van der Waals surface area contributed by atoms with Crippen molar-refractivity contribution in [1.29, 1.82) is 0 Å². The smallest absolute Gasteiger partial charge is 0.312 e. The maximum Gasteiger partial charge on any atom is 0.312 e. The number of hydrogen-bond donors (Lipinski definition) is 1. The van der Waals surface area contributed by atoms with Gasteiger partial charge in [-0.15, -0.1) is 0 Å². The minimum atomic E-state index is -0.802. The van der Waals surface area contributed by atoms with E-state index in [2.05, 4.69) is 15.6 Å². The molecule has 35 heavy (non-hydrogen) atoms. The highest BCUT2D eigenvalue weighted by atomic mass is 35.5. The van der Waals surface area contributed by atoms with Crippen LogP contribution in [0.15, 0.2) is 41.5 Å². The van der Waals surface area contributed by atoms with Crippen molar-refractivity contribution in [3.8, 4) is 11.5 Å². The number of nitro groups is 1. The molecule has 1 atom stereocenters. The Morgan fingerprint density at radius 1 is 1.26 bits per heavy atom. The van der Waals surface area contributed by atoms with Gasteiger partial charge in [-0.05, 0) is 62.7 Å². The quantitative estimate of drug-likeness (QED) is 0.241. The SMILES string of the molecule is COc1ccc(/C=N/NC(=O)C(C)n2nc(C)c([N+](=O)[O-])c2C)cc1COc1ccc(Cl)cc1Cl. The van der Waals surface area contributed by atoms with Crippen LogP contribution >= 0.6 is 23.2 Å². The number of carbonyl (C=O) groups is 1. The van der Waals surface area contributed by atoms with E-state index in [1.807, 2.05) is 0 Å². The molecule has 0 aliphatic rings. The fourth-order valence-electron chi connectivity index (χ4n) is 3.41. The predicted molar refractivity (Wildman–Crippen MR) is 133 cm³/mol. The summed E-state index contributed by atoms with van der Waals surface area (Å²) < 4.78 is 12.5. The summed E-state index contributed by atoms with van der Waals surface area (Å²) >= 11 is 12.1. The summed E-state index contributed by atoms with van der Waals surface area (Å²) in [6.45, 7) is 4.82. The van der Waals surface area contributed by atoms with E-state index >= 15 is 0 Å². The fourth-order valence-corrected chi connectivity index (χ4v) is 3.87. The molecule has 10 nitrogen and oxygen atoms in total. The molecule has 3 rings (SSSR count). The average molecular weight is 520 g/mol. The van der Waals surface area contributed by atoms with E-state index in [4.69, 9.17) is 32.7 Å². The first-order chi connectivity index (χ1) is 16.6. The second-order valence-corrected chi connectivity index (χ2v) is 8.41. The molecule has 1 amide bonds. The van der Waals surface area contributed by atoms with Crippen LogP contribution in [-0.4, -0.2) is 33.9 Å². The number of halogens is 2. The molecule has 1 N–H and O–H groups in total. The Morgan fingerprint density at radius 2 is 1.97 bits per heavy atom. The number of hydrogen-bond acceptors (Lipinski definition) is 7. The summed E-state index contributed by atoms with van der Waals surface area (Å²) in [6.07, 6.45) is 1.46. The Hall–Kier alpha value is -3.63. The van der Waals surface area contributed by atoms with Gasteiger partial charge in [0.1, 0.15) is 35.5 Å². The number of benzene rings is 2. The standard InChI is InChI=1S/C23H23Cl2N5O5/c1-13-22(30(32)33)14(2)29(28-13)15(3)23(31)27-26-11-16-5-7-20(34-4)17(9-16)12-35-21-8-6-18(24)10-19(21)25/h5-11,15H,12H2,1-4H3,(H,27,31)/b26-11+. The van der Waals surface area contributed by atoms with Crippen LogP contribution in [0.4, 0.5) is 5.69 Å². The van der Waals surface area contributed by atoms with Gasteiger partial charge in [-0.25, -0.2) is 5.43 Å². The number of ether oxygens (including phenoxy) is 2. The molecule has 184 valence electrons. The van der Waals surface area contributed by atoms with Crippen LogP contribution in [0, 0.1) is 24.0 Å². The van der Waals surface area contributed by atoms with Crippen LogP contribution in [0.1, 0.15) is 35.5 Å². The third-order valence-electron chi connectivity index (χ3n) is 5.19. The summed E-state index contributed by atoms with van der Waals surface area (Å²) in [7, 11) is 1.55. The van der Waals surface area contributed by atoms with E-state index in [1.54, 1.807) is 57.4 Å². The normalized spacial score (nSPS) is 11.9. The van der Waals surface area contributed by atoms with Crippen molar-refractivity contribution >= 4 is 41.0 Å². The first kappa shape index (κ1) is 26.0. The van der Waals surface area contributed by atoms with Gasteiger partial charge in [0.25, 0.3) is 5.91 Å². The highest BCUT2D eigenvalue weighted by Crippen LogP contribution is 2.29. The molecule has 0 spiro atoms. The largest absolute Gasteiger partial charge is 0.496 e. The Kier molecular flexibility index (Phi) is 8.31. The maximum absolute atomic E-state index is 12.5. The van der Waals surface area contributed by atoms with Gasteiger partial charge in [-0.3, -0.25) is 19.6 Å². The van der Waals surface area contributed by atoms with Crippen LogP contribution in [-0.2, 0) is 11.4 Å². The number of rotatable bonds is 9. The van der Waals surface area contributed by atoms with Gasteiger partial charge in [0.05, 0.1) is 23.3 Å². The highest BCUT2D eigenvalue weighted by molar-refractivity contribution is 6.35. The monoisotopic (exact) mass is 519 g/mol. The molecule has 0 fully saturated rings. The van der Waals surface area contributed by atoms with E-state index < -0.39 is 16.9 Å². The zero-order chi connectivity index (χ0) is 25.7. The first-order valence-electron chi connectivity index (χ1n) is 10.4. The fraction of sp³-hybridized carbons (Fsp3) is 0.261. The van der Waals surface area contributed by atoms with Crippen molar-refractivity contribution in [3.05, 3.63) is 79.1 Å². The number of aryl methyl sites for hydroxylation is 1. The molecule has 0 aliphatic carbocycles. The molecule has 0 saturated heterocycles. The third kappa shape index (κ3) is 6.09. The maximum atomic E-state index is 12.5. The van der Waals surface area contributed by atoms with E-state index in [1.165, 1.54) is 17.8 Å². The first-order valence-corrected chi connectivity index (χ1v) is 11.2. The molecule has 1 heterocycles. The molecular formula is C23H23Cl2N5O5. The Bertz CT molecular complexity index is 1290. The van der Waals surface area contributed by atoms with Gasteiger partial charge in [0.15, 0.2) is 0 Å². The Labute approximate surface area is 211 Å². The zero-order valence-electron chi connectivity index (χ0n) is 19.4. The zero-order valence-corrected chi connectivity index (χ0v) is 20.9. The van der Waals surface area contributed by atoms with E-state index in [9.17, 15) is 14.9 Å². The molecule has 1 unspecified atom stereocenters. The number of methoxy groups -OCH3 is 1. The second-order valence-electron chi connectivity index (χ2n) is 7.57. The summed E-state index contributed by atoms with van der Waals surface area (Å²) in [5.41, 5.74) is 4.28. The molecule has 3 aromatic rings. The van der Waals surface area contributed by atoms with Gasteiger partial charge >= 0.3 is 5.69 Å². The van der Waals surface area contributed by atoms with E-state index in [-0.39, 0.29) is 18.0 Å². The van der Waals surface area contributed by atoms with Crippen molar-refractivity contribution in [3.63, 3.8) is 0 Å². The molecule has 0 aliphatic heterocycles. The third-order valence-corrected chi connectivity index (χ3v) is 5.72. The Morgan fingerprint density at radius 3 is 2.60 bits per heavy atom. The minimum Gasteiger partial charge on any atom is -0.496 e. The van der Waals surface area contributed by atoms with E-state index in [0.717, 1.165) is 5.56 Å². The van der Waals surface area contributed by atoms with Gasteiger partial charge in [0.2, 0.25) is 0 Å². The van der Waals surface area contributed by atoms with Crippen LogP contribution in [0.25, 0.3) is 0 Å². The summed E-state index contributed by atoms with van der Waals surface area (Å²) in [5.74, 6) is 0.607. The van der Waals surface area contributed by atoms with Crippen molar-refractivity contribution < 1.29 is 19.2 Å². The van der Waals surface area contributed by atoms with Crippen LogP contribution < -0.4 is 14.9 Å². The summed E-state index contributed by atoms with van der Waals surface area (Å²) in [6, 6.07) is 9.46. The van der Waals surface area contributed by atoms with Gasteiger partial charge in [0, 0.05) is 10.6 Å². The Balaban J connectivity index is 1.69. The van der Waals surface area contributed by atoms with Crippen molar-refractivity contribution in [2.75, 3.05) is 7.11 Å². The lowest BCUT2D eigenvalue weighted by Crippen LogP contribution is -2.28. The van der Waals surface area contributed by atoms with Crippen molar-refractivity contribution in [1.82, 2.24) is 15.2 Å². The van der Waals surface area contributed by atoms with Crippen LogP contribution in [0.5, 0.6) is 11.5 Å². The average Bonchev–Trinajstić information content (AvgIpc) is 3.11. The number of nitrogens with zero attached hydrogens (tertiary/aromatic N) is 4. The molecule has 1 aromatic heterocycles. The summed E-state index contributed by atoms with van der Waals surface area (Å²) in [4.78, 5) is 23.2. The molecule has 0 saturated carbocycles. The van der Waals surface area contributed by atoms with Gasteiger partial charge in [-0.1, -0.05) is 23.2 Å². The lowest BCUT2D eigenvalue weighted by molar-refractivity contribution is -0.386. The molecule has 12 heteroatoms. The number of nitrogens with one attached hydrogen (secondary N) is 1. The second kappa shape index (κ2) is 11.2. The molecule has 2 aromatic carbocycles.